The van der Waals surface area contributed by atoms with Gasteiger partial charge in [-0.1, -0.05) is 42.5 Å². The van der Waals surface area contributed by atoms with Crippen molar-refractivity contribution in [2.75, 3.05) is 6.61 Å². The number of hydrogen-bond donors (Lipinski definition) is 2. The summed E-state index contributed by atoms with van der Waals surface area (Å²) in [5.41, 5.74) is 2.13. The smallest absolute Gasteiger partial charge is 0.269 e. The van der Waals surface area contributed by atoms with E-state index in [1.54, 1.807) is 12.1 Å². The summed E-state index contributed by atoms with van der Waals surface area (Å²) >= 11 is 0. The molecular formula is C17H20N2O3. The Morgan fingerprint density at radius 1 is 1.14 bits per heavy atom. The van der Waals surface area contributed by atoms with E-state index in [4.69, 9.17) is 5.11 Å². The van der Waals surface area contributed by atoms with Crippen LogP contribution in [-0.4, -0.2) is 16.6 Å². The third kappa shape index (κ3) is 4.65. The van der Waals surface area contributed by atoms with Crippen molar-refractivity contribution in [3.8, 4) is 0 Å². The van der Waals surface area contributed by atoms with Gasteiger partial charge in [-0.2, -0.15) is 0 Å². The lowest BCUT2D eigenvalue weighted by Crippen LogP contribution is -2.21. The second-order valence-corrected chi connectivity index (χ2v) is 5.14. The highest BCUT2D eigenvalue weighted by Crippen LogP contribution is 2.20. The molecule has 0 saturated heterocycles. The van der Waals surface area contributed by atoms with Crippen molar-refractivity contribution in [1.29, 1.82) is 0 Å². The normalized spacial score (nSPS) is 12.0. The Balaban J connectivity index is 2.05. The average molecular weight is 300 g/mol. The summed E-state index contributed by atoms with van der Waals surface area (Å²) in [6.45, 7) is 0.703. The molecule has 2 aromatic rings. The van der Waals surface area contributed by atoms with Crippen LogP contribution in [-0.2, 0) is 6.54 Å². The van der Waals surface area contributed by atoms with Gasteiger partial charge in [0.25, 0.3) is 5.69 Å². The predicted octanol–water partition coefficient (Wildman–Crippen LogP) is 3.20. The maximum Gasteiger partial charge on any atom is 0.269 e. The van der Waals surface area contributed by atoms with E-state index in [1.165, 1.54) is 6.07 Å². The number of hydrogen-bond acceptors (Lipinski definition) is 4. The van der Waals surface area contributed by atoms with Gasteiger partial charge in [-0.25, -0.2) is 0 Å². The van der Waals surface area contributed by atoms with Crippen molar-refractivity contribution in [3.05, 3.63) is 75.8 Å². The third-order valence-corrected chi connectivity index (χ3v) is 3.53. The van der Waals surface area contributed by atoms with E-state index in [9.17, 15) is 10.1 Å². The highest BCUT2D eigenvalue weighted by Gasteiger charge is 2.11. The van der Waals surface area contributed by atoms with E-state index in [-0.39, 0.29) is 23.3 Å². The van der Waals surface area contributed by atoms with Crippen molar-refractivity contribution < 1.29 is 10.0 Å². The molecule has 5 heteroatoms. The quantitative estimate of drug-likeness (QED) is 0.580. The van der Waals surface area contributed by atoms with E-state index in [2.05, 4.69) is 5.32 Å². The van der Waals surface area contributed by atoms with Gasteiger partial charge in [-0.05, 0) is 24.0 Å². The van der Waals surface area contributed by atoms with Crippen LogP contribution in [0.1, 0.15) is 30.0 Å². The Labute approximate surface area is 129 Å². The molecule has 0 aliphatic rings. The first-order valence-electron chi connectivity index (χ1n) is 7.33. The van der Waals surface area contributed by atoms with Crippen molar-refractivity contribution in [3.63, 3.8) is 0 Å². The van der Waals surface area contributed by atoms with Crippen molar-refractivity contribution in [2.45, 2.75) is 25.4 Å². The molecule has 0 aliphatic heterocycles. The topological polar surface area (TPSA) is 75.4 Å². The minimum Gasteiger partial charge on any atom is -0.396 e. The van der Waals surface area contributed by atoms with Crippen LogP contribution in [0.25, 0.3) is 0 Å². The fourth-order valence-corrected chi connectivity index (χ4v) is 2.39. The van der Waals surface area contributed by atoms with Crippen LogP contribution in [0, 0.1) is 10.1 Å². The number of nitro benzene ring substituents is 1. The van der Waals surface area contributed by atoms with E-state index < -0.39 is 0 Å². The highest BCUT2D eigenvalue weighted by atomic mass is 16.6. The molecule has 1 unspecified atom stereocenters. The summed E-state index contributed by atoms with van der Waals surface area (Å²) < 4.78 is 0. The van der Waals surface area contributed by atoms with Crippen LogP contribution in [0.3, 0.4) is 0 Å². The lowest BCUT2D eigenvalue weighted by molar-refractivity contribution is -0.384. The molecule has 2 aromatic carbocycles. The minimum atomic E-state index is -0.385. The zero-order valence-corrected chi connectivity index (χ0v) is 12.3. The van der Waals surface area contributed by atoms with Gasteiger partial charge in [-0.15, -0.1) is 0 Å². The molecule has 5 nitrogen and oxygen atoms in total. The van der Waals surface area contributed by atoms with Crippen LogP contribution in [0.4, 0.5) is 5.69 Å². The molecule has 0 aliphatic carbocycles. The highest BCUT2D eigenvalue weighted by molar-refractivity contribution is 5.34. The largest absolute Gasteiger partial charge is 0.396 e. The van der Waals surface area contributed by atoms with Gasteiger partial charge in [0.05, 0.1) is 4.92 Å². The molecule has 0 aromatic heterocycles. The molecule has 0 fully saturated rings. The number of benzene rings is 2. The van der Waals surface area contributed by atoms with Gasteiger partial charge in [0.15, 0.2) is 0 Å². The number of nitrogens with zero attached hydrogens (tertiary/aromatic N) is 1. The zero-order valence-electron chi connectivity index (χ0n) is 12.3. The molecule has 116 valence electrons. The monoisotopic (exact) mass is 300 g/mol. The van der Waals surface area contributed by atoms with Crippen LogP contribution in [0.15, 0.2) is 54.6 Å². The standard InChI is InChI=1S/C17H20N2O3/c20-11-5-10-17(15-7-2-1-3-8-15)18-13-14-6-4-9-16(12-14)19(21)22/h1-4,6-9,12,17-18,20H,5,10-11,13H2. The first-order valence-corrected chi connectivity index (χ1v) is 7.33. The zero-order chi connectivity index (χ0) is 15.8. The Hall–Kier alpha value is -2.24. The van der Waals surface area contributed by atoms with Gasteiger partial charge < -0.3 is 10.4 Å². The van der Waals surface area contributed by atoms with Gasteiger partial charge in [0, 0.05) is 31.3 Å². The lowest BCUT2D eigenvalue weighted by Gasteiger charge is -2.19. The first kappa shape index (κ1) is 16.1. The molecule has 0 saturated carbocycles. The fourth-order valence-electron chi connectivity index (χ4n) is 2.39. The van der Waals surface area contributed by atoms with Crippen LogP contribution in [0.5, 0.6) is 0 Å². The molecule has 2 rings (SSSR count). The molecule has 22 heavy (non-hydrogen) atoms. The number of aliphatic hydroxyl groups is 1. The fraction of sp³-hybridized carbons (Fsp3) is 0.294. The number of rotatable bonds is 8. The Kier molecular flexibility index (Phi) is 6.06. The van der Waals surface area contributed by atoms with Gasteiger partial charge >= 0.3 is 0 Å². The van der Waals surface area contributed by atoms with E-state index >= 15 is 0 Å². The van der Waals surface area contributed by atoms with E-state index in [0.29, 0.717) is 13.0 Å². The number of nitrogens with one attached hydrogen (secondary N) is 1. The van der Waals surface area contributed by atoms with Crippen LogP contribution >= 0.6 is 0 Å². The molecular weight excluding hydrogens is 280 g/mol. The summed E-state index contributed by atoms with van der Waals surface area (Å²) in [4.78, 5) is 10.4. The van der Waals surface area contributed by atoms with Crippen molar-refractivity contribution in [2.24, 2.45) is 0 Å². The summed E-state index contributed by atoms with van der Waals surface area (Å²) in [7, 11) is 0. The second-order valence-electron chi connectivity index (χ2n) is 5.14. The Morgan fingerprint density at radius 3 is 2.59 bits per heavy atom. The molecule has 1 atom stereocenters. The summed E-state index contributed by atoms with van der Waals surface area (Å²) in [6, 6.07) is 16.8. The third-order valence-electron chi connectivity index (χ3n) is 3.53. The van der Waals surface area contributed by atoms with Crippen LogP contribution in [0.2, 0.25) is 0 Å². The Morgan fingerprint density at radius 2 is 1.91 bits per heavy atom. The summed E-state index contributed by atoms with van der Waals surface area (Å²) in [5.74, 6) is 0. The summed E-state index contributed by atoms with van der Waals surface area (Å²) in [5, 5.41) is 23.3. The number of nitro groups is 1. The first-order chi connectivity index (χ1) is 10.7. The lowest BCUT2D eigenvalue weighted by atomic mass is 10.0. The van der Waals surface area contributed by atoms with Gasteiger partial charge in [0.1, 0.15) is 0 Å². The van der Waals surface area contributed by atoms with E-state index in [0.717, 1.165) is 17.5 Å². The maximum absolute atomic E-state index is 10.8. The molecule has 0 radical (unpaired) electrons. The van der Waals surface area contributed by atoms with Gasteiger partial charge in [0.2, 0.25) is 0 Å². The van der Waals surface area contributed by atoms with Crippen LogP contribution < -0.4 is 5.32 Å². The van der Waals surface area contributed by atoms with Crippen molar-refractivity contribution in [1.82, 2.24) is 5.32 Å². The molecule has 0 bridgehead atoms. The van der Waals surface area contributed by atoms with Crippen molar-refractivity contribution >= 4 is 5.69 Å². The number of non-ortho nitro benzene ring substituents is 1. The number of aliphatic hydroxyl groups excluding tert-OH is 1. The second kappa shape index (κ2) is 8.26. The average Bonchev–Trinajstić information content (AvgIpc) is 2.56. The van der Waals surface area contributed by atoms with Gasteiger partial charge in [-0.3, -0.25) is 10.1 Å². The van der Waals surface area contributed by atoms with E-state index in [1.807, 2.05) is 36.4 Å². The molecule has 0 spiro atoms. The summed E-state index contributed by atoms with van der Waals surface area (Å²) in [6.07, 6.45) is 1.52. The molecule has 0 amide bonds. The Bertz CT molecular complexity index is 602. The SMILES string of the molecule is O=[N+]([O-])c1cccc(CNC(CCCO)c2ccccc2)c1. The predicted molar refractivity (Wildman–Crippen MR) is 85.4 cm³/mol. The minimum absolute atomic E-state index is 0.103. The molecule has 2 N–H and O–H groups in total. The maximum atomic E-state index is 10.8. The molecule has 0 heterocycles.